The fourth-order valence-corrected chi connectivity index (χ4v) is 1.39. The first-order valence-electron chi connectivity index (χ1n) is 5.04. The minimum Gasteiger partial charge on any atom is -0.462 e. The molecule has 0 bridgehead atoms. The number of carbonyl (C=O) groups excluding carboxylic acids is 1. The highest BCUT2D eigenvalue weighted by Gasteiger charge is 2.24. The topological polar surface area (TPSA) is 113 Å². The molecule has 7 nitrogen and oxygen atoms in total. The van der Waals surface area contributed by atoms with Crippen molar-refractivity contribution < 1.29 is 19.6 Å². The number of esters is 1. The molecule has 1 N–H and O–H groups in total. The number of ether oxygens (including phenoxy) is 1. The molecule has 0 heterocycles. The SMILES string of the molecule is CCOC(=O)c1cc(CO)c(C#N)cc1[N+](=O)[O-]. The highest BCUT2D eigenvalue weighted by Crippen LogP contribution is 2.24. The number of nitro benzene ring substituents is 1. The molecule has 0 radical (unpaired) electrons. The Labute approximate surface area is 102 Å². The summed E-state index contributed by atoms with van der Waals surface area (Å²) in [6.45, 7) is 1.15. The number of benzene rings is 1. The Bertz CT molecular complexity index is 533. The lowest BCUT2D eigenvalue weighted by Gasteiger charge is -2.06. The molecule has 0 saturated carbocycles. The van der Waals surface area contributed by atoms with Crippen molar-refractivity contribution in [1.82, 2.24) is 0 Å². The molecule has 1 aromatic carbocycles. The molecule has 0 atom stereocenters. The van der Waals surface area contributed by atoms with Crippen LogP contribution in [0.3, 0.4) is 0 Å². The van der Waals surface area contributed by atoms with E-state index in [2.05, 4.69) is 4.74 Å². The van der Waals surface area contributed by atoms with Crippen LogP contribution in [-0.4, -0.2) is 22.6 Å². The van der Waals surface area contributed by atoms with Gasteiger partial charge < -0.3 is 9.84 Å². The predicted molar refractivity (Wildman–Crippen MR) is 59.7 cm³/mol. The number of hydrogen-bond acceptors (Lipinski definition) is 6. The average molecular weight is 250 g/mol. The number of aliphatic hydroxyl groups is 1. The second kappa shape index (κ2) is 5.75. The quantitative estimate of drug-likeness (QED) is 0.486. The first-order chi connectivity index (χ1) is 8.54. The third-order valence-corrected chi connectivity index (χ3v) is 2.20. The maximum absolute atomic E-state index is 11.5. The summed E-state index contributed by atoms with van der Waals surface area (Å²) < 4.78 is 4.68. The van der Waals surface area contributed by atoms with Crippen molar-refractivity contribution in [3.05, 3.63) is 38.9 Å². The standard InChI is InChI=1S/C11H10N2O5/c1-2-18-11(15)9-3-8(6-14)7(5-12)4-10(9)13(16)17/h3-4,14H,2,6H2,1H3. The van der Waals surface area contributed by atoms with Gasteiger partial charge in [0.15, 0.2) is 0 Å². The number of aliphatic hydroxyl groups excluding tert-OH is 1. The van der Waals surface area contributed by atoms with Crippen molar-refractivity contribution in [3.63, 3.8) is 0 Å². The summed E-state index contributed by atoms with van der Waals surface area (Å²) in [5.41, 5.74) is -0.685. The van der Waals surface area contributed by atoms with E-state index in [0.29, 0.717) is 0 Å². The van der Waals surface area contributed by atoms with Gasteiger partial charge in [0.2, 0.25) is 0 Å². The number of nitrogens with zero attached hydrogens (tertiary/aromatic N) is 2. The molecule has 18 heavy (non-hydrogen) atoms. The van der Waals surface area contributed by atoms with E-state index in [-0.39, 0.29) is 23.3 Å². The molecule has 0 aliphatic heterocycles. The maximum atomic E-state index is 11.5. The minimum atomic E-state index is -0.858. The molecule has 0 unspecified atom stereocenters. The highest BCUT2D eigenvalue weighted by molar-refractivity contribution is 5.94. The Hall–Kier alpha value is -2.46. The Morgan fingerprint density at radius 3 is 2.72 bits per heavy atom. The molecular weight excluding hydrogens is 240 g/mol. The normalized spacial score (nSPS) is 9.61. The van der Waals surface area contributed by atoms with Gasteiger partial charge in [-0.3, -0.25) is 10.1 Å². The fourth-order valence-electron chi connectivity index (χ4n) is 1.39. The van der Waals surface area contributed by atoms with Gasteiger partial charge >= 0.3 is 5.97 Å². The van der Waals surface area contributed by atoms with Crippen LogP contribution in [0.5, 0.6) is 0 Å². The van der Waals surface area contributed by atoms with E-state index >= 15 is 0 Å². The van der Waals surface area contributed by atoms with Crippen molar-refractivity contribution in [2.24, 2.45) is 0 Å². The number of rotatable bonds is 4. The number of nitro groups is 1. The van der Waals surface area contributed by atoms with Gasteiger partial charge in [-0.25, -0.2) is 4.79 Å². The minimum absolute atomic E-state index is 0.0442. The summed E-state index contributed by atoms with van der Waals surface area (Å²) in [4.78, 5) is 21.6. The van der Waals surface area contributed by atoms with E-state index in [1.165, 1.54) is 0 Å². The summed E-state index contributed by atoms with van der Waals surface area (Å²) >= 11 is 0. The largest absolute Gasteiger partial charge is 0.462 e. The summed E-state index contributed by atoms with van der Waals surface area (Å²) in [5, 5.41) is 28.7. The maximum Gasteiger partial charge on any atom is 0.345 e. The summed E-state index contributed by atoms with van der Waals surface area (Å²) in [7, 11) is 0. The molecule has 94 valence electrons. The van der Waals surface area contributed by atoms with Crippen LogP contribution in [0.1, 0.15) is 28.4 Å². The monoisotopic (exact) mass is 250 g/mol. The molecule has 1 aromatic rings. The van der Waals surface area contributed by atoms with Crippen LogP contribution in [0.15, 0.2) is 12.1 Å². The first-order valence-corrected chi connectivity index (χ1v) is 5.04. The zero-order valence-electron chi connectivity index (χ0n) is 9.54. The molecule has 0 saturated heterocycles. The number of carbonyl (C=O) groups is 1. The van der Waals surface area contributed by atoms with Gasteiger partial charge in [0, 0.05) is 6.07 Å². The lowest BCUT2D eigenvalue weighted by molar-refractivity contribution is -0.385. The molecule has 0 aliphatic rings. The molecule has 0 aliphatic carbocycles. The van der Waals surface area contributed by atoms with Gasteiger partial charge in [0.05, 0.1) is 29.8 Å². The first kappa shape index (κ1) is 13.6. The fraction of sp³-hybridized carbons (Fsp3) is 0.273. The van der Waals surface area contributed by atoms with Crippen LogP contribution in [0.25, 0.3) is 0 Å². The highest BCUT2D eigenvalue weighted by atomic mass is 16.6. The van der Waals surface area contributed by atoms with Crippen molar-refractivity contribution >= 4 is 11.7 Å². The van der Waals surface area contributed by atoms with Crippen LogP contribution in [0.2, 0.25) is 0 Å². The van der Waals surface area contributed by atoms with Crippen molar-refractivity contribution in [3.8, 4) is 6.07 Å². The summed E-state index contributed by atoms with van der Waals surface area (Å²) in [5.74, 6) is -0.858. The molecule has 0 spiro atoms. The van der Waals surface area contributed by atoms with Gasteiger partial charge in [-0.05, 0) is 18.6 Å². The van der Waals surface area contributed by atoms with E-state index in [1.54, 1.807) is 13.0 Å². The Morgan fingerprint density at radius 2 is 2.28 bits per heavy atom. The second-order valence-corrected chi connectivity index (χ2v) is 3.27. The van der Waals surface area contributed by atoms with E-state index in [9.17, 15) is 14.9 Å². The predicted octanol–water partition coefficient (Wildman–Crippen LogP) is 1.14. The Morgan fingerprint density at radius 1 is 1.61 bits per heavy atom. The smallest absolute Gasteiger partial charge is 0.345 e. The van der Waals surface area contributed by atoms with Crippen LogP contribution >= 0.6 is 0 Å². The summed E-state index contributed by atoms with van der Waals surface area (Å²) in [6.07, 6.45) is 0. The third-order valence-electron chi connectivity index (χ3n) is 2.20. The van der Waals surface area contributed by atoms with Gasteiger partial charge in [0.25, 0.3) is 5.69 Å². The number of nitriles is 1. The van der Waals surface area contributed by atoms with E-state index in [1.807, 2.05) is 0 Å². The van der Waals surface area contributed by atoms with Crippen LogP contribution in [0.4, 0.5) is 5.69 Å². The van der Waals surface area contributed by atoms with E-state index in [4.69, 9.17) is 10.4 Å². The average Bonchev–Trinajstić information content (AvgIpc) is 2.37. The Balaban J connectivity index is 3.44. The van der Waals surface area contributed by atoms with Gasteiger partial charge in [-0.15, -0.1) is 0 Å². The molecule has 0 amide bonds. The van der Waals surface area contributed by atoms with Gasteiger partial charge in [0.1, 0.15) is 5.56 Å². The van der Waals surface area contributed by atoms with Crippen molar-refractivity contribution in [2.75, 3.05) is 6.61 Å². The third kappa shape index (κ3) is 2.61. The molecule has 0 fully saturated rings. The molecular formula is C11H10N2O5. The number of hydrogen-bond donors (Lipinski definition) is 1. The van der Waals surface area contributed by atoms with Crippen molar-refractivity contribution in [2.45, 2.75) is 13.5 Å². The lowest BCUT2D eigenvalue weighted by Crippen LogP contribution is -2.09. The molecule has 7 heteroatoms. The zero-order valence-corrected chi connectivity index (χ0v) is 9.54. The molecule has 0 aromatic heterocycles. The molecule has 1 rings (SSSR count). The zero-order chi connectivity index (χ0) is 13.7. The van der Waals surface area contributed by atoms with Crippen LogP contribution < -0.4 is 0 Å². The van der Waals surface area contributed by atoms with E-state index < -0.39 is 23.2 Å². The van der Waals surface area contributed by atoms with Crippen LogP contribution in [0, 0.1) is 21.4 Å². The second-order valence-electron chi connectivity index (χ2n) is 3.27. The van der Waals surface area contributed by atoms with E-state index in [0.717, 1.165) is 12.1 Å². The van der Waals surface area contributed by atoms with Crippen LogP contribution in [-0.2, 0) is 11.3 Å². The summed E-state index contributed by atoms with van der Waals surface area (Å²) in [6, 6.07) is 3.79. The lowest BCUT2D eigenvalue weighted by atomic mass is 10.0. The van der Waals surface area contributed by atoms with Gasteiger partial charge in [-0.2, -0.15) is 5.26 Å². The van der Waals surface area contributed by atoms with Gasteiger partial charge in [-0.1, -0.05) is 0 Å². The van der Waals surface area contributed by atoms with Crippen molar-refractivity contribution in [1.29, 1.82) is 5.26 Å². The Kier molecular flexibility index (Phi) is 4.34.